The molecule has 0 aliphatic heterocycles. The van der Waals surface area contributed by atoms with E-state index >= 15 is 0 Å². The van der Waals surface area contributed by atoms with Gasteiger partial charge in [-0.1, -0.05) is 25.2 Å². The maximum absolute atomic E-state index is 12.4. The van der Waals surface area contributed by atoms with Gasteiger partial charge in [-0.15, -0.1) is 0 Å². The first-order chi connectivity index (χ1) is 8.66. The van der Waals surface area contributed by atoms with Gasteiger partial charge in [0.1, 0.15) is 0 Å². The van der Waals surface area contributed by atoms with Gasteiger partial charge in [-0.05, 0) is 13.3 Å². The van der Waals surface area contributed by atoms with Gasteiger partial charge >= 0.3 is 11.9 Å². The predicted molar refractivity (Wildman–Crippen MR) is 69.4 cm³/mol. The summed E-state index contributed by atoms with van der Waals surface area (Å²) in [6.07, 6.45) is 4.02. The zero-order valence-corrected chi connectivity index (χ0v) is 11.6. The molecule has 0 aromatic heterocycles. The number of allylic oxidation sites excluding steroid dienone is 2. The Bertz CT molecular complexity index is 506. The van der Waals surface area contributed by atoms with Crippen LogP contribution in [0.5, 0.6) is 0 Å². The Kier molecular flexibility index (Phi) is 4.38. The van der Waals surface area contributed by atoms with E-state index in [-0.39, 0.29) is 11.7 Å². The summed E-state index contributed by atoms with van der Waals surface area (Å²) < 4.78 is 12.4. The standard InChI is InChI=1S/C12H17O6P/c1-3-7-19(17,18)9-8(10(13)14)5-4-6-12(9,2)11(15)16/h4-6,9H,3,7H2,1-2H3,(H,13,14)(H,15,16)(H,17,18). The Labute approximate surface area is 110 Å². The smallest absolute Gasteiger partial charge is 0.332 e. The van der Waals surface area contributed by atoms with Gasteiger partial charge in [0, 0.05) is 6.16 Å². The number of carboxylic acid groups (broad SMARTS) is 2. The highest BCUT2D eigenvalue weighted by Gasteiger charge is 2.52. The topological polar surface area (TPSA) is 112 Å². The molecule has 0 saturated heterocycles. The van der Waals surface area contributed by atoms with E-state index in [0.717, 1.165) is 0 Å². The summed E-state index contributed by atoms with van der Waals surface area (Å²) in [5, 5.41) is 18.4. The Hall–Kier alpha value is -1.39. The maximum atomic E-state index is 12.4. The van der Waals surface area contributed by atoms with E-state index in [1.807, 2.05) is 0 Å². The van der Waals surface area contributed by atoms with Crippen LogP contribution in [0, 0.1) is 5.41 Å². The van der Waals surface area contributed by atoms with Crippen molar-refractivity contribution in [2.24, 2.45) is 5.41 Å². The normalized spacial score (nSPS) is 29.4. The summed E-state index contributed by atoms with van der Waals surface area (Å²) >= 11 is 0. The van der Waals surface area contributed by atoms with E-state index in [0.29, 0.717) is 6.42 Å². The van der Waals surface area contributed by atoms with Gasteiger partial charge < -0.3 is 15.1 Å². The van der Waals surface area contributed by atoms with Gasteiger partial charge in [0.05, 0.1) is 16.6 Å². The van der Waals surface area contributed by atoms with E-state index in [1.54, 1.807) is 6.92 Å². The molecule has 0 spiro atoms. The summed E-state index contributed by atoms with van der Waals surface area (Å²) in [7, 11) is -3.93. The molecule has 0 amide bonds. The Balaban J connectivity index is 3.42. The average Bonchev–Trinajstić information content (AvgIpc) is 2.27. The van der Waals surface area contributed by atoms with Gasteiger partial charge in [-0.25, -0.2) is 4.79 Å². The van der Waals surface area contributed by atoms with Crippen LogP contribution in [0.1, 0.15) is 20.3 Å². The Morgan fingerprint density at radius 3 is 2.42 bits per heavy atom. The lowest BCUT2D eigenvalue weighted by atomic mass is 9.79. The minimum absolute atomic E-state index is 0.112. The molecule has 19 heavy (non-hydrogen) atoms. The molecule has 1 rings (SSSR count). The number of aliphatic carboxylic acids is 2. The third-order valence-electron chi connectivity index (χ3n) is 3.24. The van der Waals surface area contributed by atoms with E-state index in [9.17, 15) is 24.2 Å². The molecule has 0 radical (unpaired) electrons. The van der Waals surface area contributed by atoms with E-state index in [1.165, 1.54) is 25.2 Å². The Morgan fingerprint density at radius 2 is 2.00 bits per heavy atom. The summed E-state index contributed by atoms with van der Waals surface area (Å²) in [4.78, 5) is 32.7. The van der Waals surface area contributed by atoms with Crippen LogP contribution in [0.15, 0.2) is 23.8 Å². The molecule has 3 N–H and O–H groups in total. The zero-order valence-electron chi connectivity index (χ0n) is 10.7. The lowest BCUT2D eigenvalue weighted by molar-refractivity contribution is -0.145. The molecule has 106 valence electrons. The SMILES string of the molecule is CCCP(=O)(O)C1C(C(=O)O)=CC=CC1(C)C(=O)O. The minimum Gasteiger partial charge on any atom is -0.481 e. The third kappa shape index (κ3) is 2.80. The van der Waals surface area contributed by atoms with Crippen molar-refractivity contribution in [3.05, 3.63) is 23.8 Å². The summed E-state index contributed by atoms with van der Waals surface area (Å²) in [6.45, 7) is 2.95. The molecule has 0 heterocycles. The van der Waals surface area contributed by atoms with Crippen LogP contribution < -0.4 is 0 Å². The van der Waals surface area contributed by atoms with Crippen LogP contribution in [0.4, 0.5) is 0 Å². The van der Waals surface area contributed by atoms with Crippen LogP contribution in [0.25, 0.3) is 0 Å². The molecule has 0 saturated carbocycles. The largest absolute Gasteiger partial charge is 0.481 e. The van der Waals surface area contributed by atoms with Crippen LogP contribution in [-0.2, 0) is 14.2 Å². The number of rotatable bonds is 5. The molecule has 1 aliphatic rings. The minimum atomic E-state index is -3.93. The van der Waals surface area contributed by atoms with E-state index in [4.69, 9.17) is 5.11 Å². The lowest BCUT2D eigenvalue weighted by Crippen LogP contribution is -2.42. The number of carbonyl (C=O) groups is 2. The third-order valence-corrected chi connectivity index (χ3v) is 5.95. The molecule has 3 atom stereocenters. The number of carboxylic acids is 2. The second-order valence-corrected chi connectivity index (χ2v) is 7.23. The van der Waals surface area contributed by atoms with Crippen LogP contribution in [-0.4, -0.2) is 38.9 Å². The second-order valence-electron chi connectivity index (χ2n) is 4.76. The highest BCUT2D eigenvalue weighted by molar-refractivity contribution is 7.59. The highest BCUT2D eigenvalue weighted by atomic mass is 31.2. The lowest BCUT2D eigenvalue weighted by Gasteiger charge is -2.36. The van der Waals surface area contributed by atoms with Crippen molar-refractivity contribution in [1.82, 2.24) is 0 Å². The first-order valence-corrected chi connectivity index (χ1v) is 7.75. The van der Waals surface area contributed by atoms with Crippen molar-refractivity contribution in [2.75, 3.05) is 6.16 Å². The molecule has 0 aromatic rings. The van der Waals surface area contributed by atoms with E-state index < -0.39 is 30.4 Å². The predicted octanol–water partition coefficient (Wildman–Crippen LogP) is 1.71. The number of hydrogen-bond acceptors (Lipinski definition) is 3. The second kappa shape index (κ2) is 5.31. The van der Waals surface area contributed by atoms with Crippen molar-refractivity contribution < 1.29 is 29.3 Å². The fraction of sp³-hybridized carbons (Fsp3) is 0.500. The van der Waals surface area contributed by atoms with Crippen LogP contribution >= 0.6 is 7.37 Å². The maximum Gasteiger partial charge on any atom is 0.332 e. The molecule has 0 fully saturated rings. The molecule has 7 heteroatoms. The monoisotopic (exact) mass is 288 g/mol. The molecule has 0 bridgehead atoms. The fourth-order valence-corrected chi connectivity index (χ4v) is 4.88. The quantitative estimate of drug-likeness (QED) is 0.664. The van der Waals surface area contributed by atoms with Crippen molar-refractivity contribution in [3.8, 4) is 0 Å². The molecule has 0 aromatic carbocycles. The first-order valence-electron chi connectivity index (χ1n) is 5.84. The highest BCUT2D eigenvalue weighted by Crippen LogP contribution is 2.58. The van der Waals surface area contributed by atoms with E-state index in [2.05, 4.69) is 0 Å². The van der Waals surface area contributed by atoms with Crippen LogP contribution in [0.2, 0.25) is 0 Å². The summed E-state index contributed by atoms with van der Waals surface area (Å²) in [5.41, 5.74) is -3.45. The molecule has 6 nitrogen and oxygen atoms in total. The fourth-order valence-electron chi connectivity index (χ4n) is 2.32. The van der Waals surface area contributed by atoms with Gasteiger partial charge in [0.15, 0.2) is 0 Å². The average molecular weight is 288 g/mol. The van der Waals surface area contributed by atoms with Crippen LogP contribution in [0.3, 0.4) is 0 Å². The Morgan fingerprint density at radius 1 is 1.42 bits per heavy atom. The van der Waals surface area contributed by atoms with Crippen molar-refractivity contribution >= 4 is 19.3 Å². The van der Waals surface area contributed by atoms with Gasteiger partial charge in [-0.3, -0.25) is 9.36 Å². The van der Waals surface area contributed by atoms with Crippen molar-refractivity contribution in [1.29, 1.82) is 0 Å². The summed E-state index contributed by atoms with van der Waals surface area (Å²) in [5.74, 6) is -2.68. The number of hydrogen-bond donors (Lipinski definition) is 3. The molecular weight excluding hydrogens is 271 g/mol. The van der Waals surface area contributed by atoms with Crippen molar-refractivity contribution in [3.63, 3.8) is 0 Å². The molecular formula is C12H17O6P. The zero-order chi connectivity index (χ0) is 14.8. The van der Waals surface area contributed by atoms with Crippen molar-refractivity contribution in [2.45, 2.75) is 25.9 Å². The van der Waals surface area contributed by atoms with Gasteiger partial charge in [-0.2, -0.15) is 0 Å². The van der Waals surface area contributed by atoms with Gasteiger partial charge in [0.2, 0.25) is 7.37 Å². The van der Waals surface area contributed by atoms with Gasteiger partial charge in [0.25, 0.3) is 0 Å². The molecule has 3 unspecified atom stereocenters. The molecule has 1 aliphatic carbocycles. The first kappa shape index (κ1) is 15.7. The summed E-state index contributed by atoms with van der Waals surface area (Å²) in [6, 6.07) is 0.